The second-order valence-corrected chi connectivity index (χ2v) is 8.55. The largest absolute Gasteiger partial charge is 0.376 e. The van der Waals surface area contributed by atoms with E-state index in [-0.39, 0.29) is 29.2 Å². The van der Waals surface area contributed by atoms with E-state index in [9.17, 15) is 13.2 Å². The number of aromatic nitrogens is 2. The minimum Gasteiger partial charge on any atom is -0.376 e. The number of rotatable bonds is 6. The van der Waals surface area contributed by atoms with Crippen LogP contribution in [0.4, 0.5) is 24.8 Å². The van der Waals surface area contributed by atoms with E-state index in [1.54, 1.807) is 18.3 Å². The number of fused-ring (bicyclic) bond motifs is 1. The van der Waals surface area contributed by atoms with Crippen molar-refractivity contribution in [3.63, 3.8) is 0 Å². The minimum atomic E-state index is -0.921. The van der Waals surface area contributed by atoms with E-state index in [1.807, 2.05) is 0 Å². The third-order valence-electron chi connectivity index (χ3n) is 5.86. The van der Waals surface area contributed by atoms with Crippen LogP contribution in [0.3, 0.4) is 0 Å². The van der Waals surface area contributed by atoms with Crippen LogP contribution in [0.1, 0.15) is 29.2 Å². The van der Waals surface area contributed by atoms with Crippen molar-refractivity contribution in [3.05, 3.63) is 81.9 Å². The van der Waals surface area contributed by atoms with Crippen molar-refractivity contribution in [3.8, 4) is 0 Å². The SMILES string of the molecule is Fc1ccc(CNc2ncc3c(n2)C(CC2CNCCO2)C(c2c(F)cccc2Cl)=N3)cc1F. The molecule has 176 valence electrons. The molecule has 0 spiro atoms. The van der Waals surface area contributed by atoms with E-state index in [1.165, 1.54) is 12.1 Å². The summed E-state index contributed by atoms with van der Waals surface area (Å²) in [5.74, 6) is -2.35. The molecule has 3 aromatic rings. The van der Waals surface area contributed by atoms with Gasteiger partial charge in [0.05, 0.1) is 40.9 Å². The van der Waals surface area contributed by atoms with Crippen molar-refractivity contribution in [1.29, 1.82) is 0 Å². The van der Waals surface area contributed by atoms with Crippen LogP contribution in [0, 0.1) is 17.5 Å². The maximum absolute atomic E-state index is 14.8. The van der Waals surface area contributed by atoms with Gasteiger partial charge in [0.15, 0.2) is 11.6 Å². The minimum absolute atomic E-state index is 0.103. The molecule has 0 aliphatic carbocycles. The summed E-state index contributed by atoms with van der Waals surface area (Å²) in [5.41, 5.74) is 2.43. The summed E-state index contributed by atoms with van der Waals surface area (Å²) in [6.45, 7) is 2.22. The molecule has 1 aromatic heterocycles. The first-order chi connectivity index (χ1) is 16.5. The maximum Gasteiger partial charge on any atom is 0.223 e. The normalized spacial score (nSPS) is 19.6. The lowest BCUT2D eigenvalue weighted by atomic mass is 9.89. The number of aliphatic imine (C=N–C) groups is 1. The van der Waals surface area contributed by atoms with Gasteiger partial charge < -0.3 is 15.4 Å². The third kappa shape index (κ3) is 4.64. The first-order valence-corrected chi connectivity index (χ1v) is 11.3. The van der Waals surface area contributed by atoms with Gasteiger partial charge in [0.25, 0.3) is 0 Å². The quantitative estimate of drug-likeness (QED) is 0.525. The van der Waals surface area contributed by atoms with E-state index in [4.69, 9.17) is 16.3 Å². The Bertz CT molecular complexity index is 1230. The molecule has 34 heavy (non-hydrogen) atoms. The number of hydrogen-bond acceptors (Lipinski definition) is 6. The van der Waals surface area contributed by atoms with Gasteiger partial charge in [-0.15, -0.1) is 0 Å². The molecule has 1 saturated heterocycles. The molecule has 0 amide bonds. The van der Waals surface area contributed by atoms with Crippen molar-refractivity contribution < 1.29 is 17.9 Å². The number of halogens is 4. The molecule has 3 heterocycles. The lowest BCUT2D eigenvalue weighted by Crippen LogP contribution is -2.39. The summed E-state index contributed by atoms with van der Waals surface area (Å²) < 4.78 is 47.4. The Labute approximate surface area is 199 Å². The molecule has 2 aliphatic heterocycles. The van der Waals surface area contributed by atoms with Crippen molar-refractivity contribution in [1.82, 2.24) is 15.3 Å². The number of hydrogen-bond donors (Lipinski definition) is 2. The molecule has 2 N–H and O–H groups in total. The molecule has 0 bridgehead atoms. The highest BCUT2D eigenvalue weighted by molar-refractivity contribution is 6.35. The Hall–Kier alpha value is -3.01. The van der Waals surface area contributed by atoms with Gasteiger partial charge in [0, 0.05) is 25.6 Å². The monoisotopic (exact) mass is 487 g/mol. The van der Waals surface area contributed by atoms with Gasteiger partial charge >= 0.3 is 0 Å². The molecule has 0 saturated carbocycles. The van der Waals surface area contributed by atoms with Crippen LogP contribution in [0.15, 0.2) is 47.6 Å². The van der Waals surface area contributed by atoms with Crippen LogP contribution in [0.25, 0.3) is 0 Å². The lowest BCUT2D eigenvalue weighted by molar-refractivity contribution is 0.0224. The van der Waals surface area contributed by atoms with Gasteiger partial charge in [-0.1, -0.05) is 23.7 Å². The van der Waals surface area contributed by atoms with Gasteiger partial charge in [-0.2, -0.15) is 0 Å². The highest BCUT2D eigenvalue weighted by Gasteiger charge is 2.35. The number of nitrogens with zero attached hydrogens (tertiary/aromatic N) is 3. The number of morpholine rings is 1. The Morgan fingerprint density at radius 1 is 1.12 bits per heavy atom. The van der Waals surface area contributed by atoms with Crippen molar-refractivity contribution in [2.24, 2.45) is 4.99 Å². The summed E-state index contributed by atoms with van der Waals surface area (Å²) in [6.07, 6.45) is 1.99. The fourth-order valence-electron chi connectivity index (χ4n) is 4.21. The first kappa shape index (κ1) is 22.8. The summed E-state index contributed by atoms with van der Waals surface area (Å²) >= 11 is 6.36. The van der Waals surface area contributed by atoms with E-state index in [2.05, 4.69) is 25.6 Å². The summed E-state index contributed by atoms with van der Waals surface area (Å²) in [4.78, 5) is 13.6. The summed E-state index contributed by atoms with van der Waals surface area (Å²) in [6, 6.07) is 8.20. The number of nitrogens with one attached hydrogen (secondary N) is 2. The van der Waals surface area contributed by atoms with Crippen LogP contribution in [0.5, 0.6) is 0 Å². The zero-order valence-corrected chi connectivity index (χ0v) is 18.7. The summed E-state index contributed by atoms with van der Waals surface area (Å²) in [5, 5.41) is 6.60. The average Bonchev–Trinajstić information content (AvgIpc) is 3.17. The second kappa shape index (κ2) is 9.69. The Morgan fingerprint density at radius 3 is 2.76 bits per heavy atom. The Morgan fingerprint density at radius 2 is 2.00 bits per heavy atom. The summed E-state index contributed by atoms with van der Waals surface area (Å²) in [7, 11) is 0. The van der Waals surface area contributed by atoms with E-state index in [0.29, 0.717) is 48.2 Å². The first-order valence-electron chi connectivity index (χ1n) is 10.9. The average molecular weight is 488 g/mol. The fourth-order valence-corrected chi connectivity index (χ4v) is 4.47. The van der Waals surface area contributed by atoms with Gasteiger partial charge in [0.1, 0.15) is 11.5 Å². The van der Waals surface area contributed by atoms with E-state index >= 15 is 0 Å². The molecular weight excluding hydrogens is 467 g/mol. The molecule has 5 rings (SSSR count). The molecule has 2 aliphatic rings. The fraction of sp³-hybridized carbons (Fsp3) is 0.292. The predicted molar refractivity (Wildman–Crippen MR) is 123 cm³/mol. The zero-order valence-electron chi connectivity index (χ0n) is 18.0. The molecule has 0 radical (unpaired) electrons. The zero-order chi connectivity index (χ0) is 23.7. The van der Waals surface area contributed by atoms with E-state index < -0.39 is 17.5 Å². The molecule has 10 heteroatoms. The van der Waals surface area contributed by atoms with Crippen LogP contribution in [-0.2, 0) is 11.3 Å². The van der Waals surface area contributed by atoms with E-state index in [0.717, 1.165) is 18.7 Å². The number of ether oxygens (including phenoxy) is 1. The van der Waals surface area contributed by atoms with Crippen molar-refractivity contribution in [2.45, 2.75) is 25.0 Å². The van der Waals surface area contributed by atoms with Gasteiger partial charge in [-0.25, -0.2) is 28.1 Å². The topological polar surface area (TPSA) is 71.4 Å². The second-order valence-electron chi connectivity index (χ2n) is 8.15. The smallest absolute Gasteiger partial charge is 0.223 e. The number of benzene rings is 2. The highest BCUT2D eigenvalue weighted by atomic mass is 35.5. The number of anilines is 1. The molecule has 6 nitrogen and oxygen atoms in total. The van der Waals surface area contributed by atoms with Crippen LogP contribution < -0.4 is 10.6 Å². The molecule has 1 fully saturated rings. The third-order valence-corrected chi connectivity index (χ3v) is 6.17. The standard InChI is InChI=1S/C24H21ClF3N5O/c25-16-2-1-3-18(27)21(16)23-15(9-14-11-29-6-7-34-14)22-20(32-23)12-31-24(33-22)30-10-13-4-5-17(26)19(28)8-13/h1-5,8,12,14-15,29H,6-7,9-11H2,(H,30,31,33). The van der Waals surface area contributed by atoms with Crippen LogP contribution >= 0.6 is 11.6 Å². The molecule has 2 aromatic carbocycles. The van der Waals surface area contributed by atoms with Gasteiger partial charge in [-0.05, 0) is 36.2 Å². The Kier molecular flexibility index (Phi) is 6.49. The van der Waals surface area contributed by atoms with Gasteiger partial charge in [0.2, 0.25) is 5.95 Å². The van der Waals surface area contributed by atoms with Gasteiger partial charge in [-0.3, -0.25) is 0 Å². The lowest BCUT2D eigenvalue weighted by Gasteiger charge is -2.27. The molecular formula is C24H21ClF3N5O. The maximum atomic E-state index is 14.8. The van der Waals surface area contributed by atoms with Crippen molar-refractivity contribution in [2.75, 3.05) is 25.0 Å². The molecule has 2 unspecified atom stereocenters. The highest BCUT2D eigenvalue weighted by Crippen LogP contribution is 2.41. The Balaban J connectivity index is 1.44. The predicted octanol–water partition coefficient (Wildman–Crippen LogP) is 4.76. The van der Waals surface area contributed by atoms with Crippen molar-refractivity contribution >= 4 is 28.9 Å². The molecule has 2 atom stereocenters. The van der Waals surface area contributed by atoms with Crippen LogP contribution in [0.2, 0.25) is 5.02 Å². The van der Waals surface area contributed by atoms with Crippen LogP contribution in [-0.4, -0.2) is 41.5 Å².